The SMILES string of the molecule is COc1cc([C@@]23CC[C@H](NC(=O)Nc4cc(F)ccc4F)C[C@H]2N(C)CC3)ccc1OC(F)F. The summed E-state index contributed by atoms with van der Waals surface area (Å²) in [6, 6.07) is 7.27. The van der Waals surface area contributed by atoms with Gasteiger partial charge in [0.25, 0.3) is 0 Å². The quantitative estimate of drug-likeness (QED) is 0.577. The number of amides is 2. The zero-order valence-corrected chi connectivity index (χ0v) is 18.9. The van der Waals surface area contributed by atoms with Crippen molar-refractivity contribution in [1.29, 1.82) is 0 Å². The number of fused-ring (bicyclic) bond motifs is 1. The number of likely N-dealkylation sites (tertiary alicyclic amines) is 1. The minimum absolute atomic E-state index is 0.0165. The van der Waals surface area contributed by atoms with E-state index in [9.17, 15) is 22.4 Å². The van der Waals surface area contributed by atoms with Gasteiger partial charge in [0.2, 0.25) is 0 Å². The van der Waals surface area contributed by atoms with Crippen molar-refractivity contribution >= 4 is 11.7 Å². The van der Waals surface area contributed by atoms with E-state index in [4.69, 9.17) is 4.74 Å². The number of benzene rings is 2. The number of methoxy groups -OCH3 is 1. The lowest BCUT2D eigenvalue weighted by Gasteiger charge is -2.45. The summed E-state index contributed by atoms with van der Waals surface area (Å²) in [5, 5.41) is 5.25. The number of halogens is 4. The van der Waals surface area contributed by atoms with E-state index in [0.717, 1.165) is 43.1 Å². The fourth-order valence-corrected chi connectivity index (χ4v) is 5.36. The first-order chi connectivity index (χ1) is 16.2. The molecule has 0 bridgehead atoms. The third kappa shape index (κ3) is 4.77. The van der Waals surface area contributed by atoms with E-state index in [1.165, 1.54) is 13.2 Å². The van der Waals surface area contributed by atoms with Gasteiger partial charge >= 0.3 is 12.6 Å². The monoisotopic (exact) mass is 481 g/mol. The molecule has 2 aliphatic rings. The molecule has 0 aromatic heterocycles. The van der Waals surface area contributed by atoms with Crippen molar-refractivity contribution in [2.24, 2.45) is 0 Å². The molecule has 1 heterocycles. The van der Waals surface area contributed by atoms with Gasteiger partial charge in [-0.05, 0) is 69.1 Å². The molecule has 34 heavy (non-hydrogen) atoms. The molecule has 6 nitrogen and oxygen atoms in total. The van der Waals surface area contributed by atoms with Crippen molar-refractivity contribution in [1.82, 2.24) is 10.2 Å². The normalized spacial score (nSPS) is 24.6. The highest BCUT2D eigenvalue weighted by atomic mass is 19.3. The molecule has 3 atom stereocenters. The number of hydrogen-bond donors (Lipinski definition) is 2. The third-order valence-electron chi connectivity index (χ3n) is 6.99. The molecule has 0 radical (unpaired) electrons. The predicted molar refractivity (Wildman–Crippen MR) is 118 cm³/mol. The summed E-state index contributed by atoms with van der Waals surface area (Å²) in [6.45, 7) is -2.10. The second-order valence-electron chi connectivity index (χ2n) is 8.84. The molecule has 184 valence electrons. The Balaban J connectivity index is 1.49. The van der Waals surface area contributed by atoms with E-state index in [1.54, 1.807) is 12.1 Å². The Bertz CT molecular complexity index is 1050. The second kappa shape index (κ2) is 9.69. The molecular formula is C24H27F4N3O3. The first kappa shape index (κ1) is 24.1. The van der Waals surface area contributed by atoms with Crippen molar-refractivity contribution in [3.8, 4) is 11.5 Å². The number of anilines is 1. The number of ether oxygens (including phenoxy) is 2. The van der Waals surface area contributed by atoms with Crippen LogP contribution in [-0.4, -0.2) is 50.3 Å². The van der Waals surface area contributed by atoms with Crippen molar-refractivity contribution in [3.05, 3.63) is 53.6 Å². The van der Waals surface area contributed by atoms with Crippen molar-refractivity contribution < 1.29 is 31.8 Å². The van der Waals surface area contributed by atoms with E-state index in [2.05, 4.69) is 20.3 Å². The van der Waals surface area contributed by atoms with Gasteiger partial charge < -0.3 is 25.0 Å². The van der Waals surface area contributed by atoms with Crippen LogP contribution in [0.4, 0.5) is 28.0 Å². The minimum atomic E-state index is -2.95. The Labute approximate surface area is 195 Å². The summed E-state index contributed by atoms with van der Waals surface area (Å²) in [7, 11) is 3.43. The lowest BCUT2D eigenvalue weighted by molar-refractivity contribution is -0.0512. The number of urea groups is 1. The molecule has 1 aliphatic carbocycles. The van der Waals surface area contributed by atoms with Crippen LogP contribution in [-0.2, 0) is 5.41 Å². The van der Waals surface area contributed by atoms with Crippen molar-refractivity contribution in [2.45, 2.75) is 49.8 Å². The lowest BCUT2D eigenvalue weighted by atomic mass is 9.65. The van der Waals surface area contributed by atoms with Gasteiger partial charge in [-0.15, -0.1) is 0 Å². The number of carbonyl (C=O) groups is 1. The average Bonchev–Trinajstić information content (AvgIpc) is 3.13. The molecule has 0 unspecified atom stereocenters. The van der Waals surface area contributed by atoms with Crippen molar-refractivity contribution in [2.75, 3.05) is 26.0 Å². The molecule has 1 aliphatic heterocycles. The zero-order valence-electron chi connectivity index (χ0n) is 18.9. The summed E-state index contributed by atoms with van der Waals surface area (Å²) in [5.74, 6) is -1.13. The van der Waals surface area contributed by atoms with E-state index >= 15 is 0 Å². The number of alkyl halides is 2. The molecule has 2 aromatic carbocycles. The summed E-state index contributed by atoms with van der Waals surface area (Å²) in [4.78, 5) is 14.7. The molecule has 1 saturated heterocycles. The van der Waals surface area contributed by atoms with Gasteiger partial charge in [0.15, 0.2) is 11.5 Å². The molecule has 4 rings (SSSR count). The number of rotatable bonds is 6. The highest BCUT2D eigenvalue weighted by molar-refractivity contribution is 5.89. The average molecular weight is 481 g/mol. The minimum Gasteiger partial charge on any atom is -0.493 e. The molecule has 2 fully saturated rings. The van der Waals surface area contributed by atoms with Crippen LogP contribution in [0.2, 0.25) is 0 Å². The Hall–Kier alpha value is -3.01. The summed E-state index contributed by atoms with van der Waals surface area (Å²) < 4.78 is 62.6. The topological polar surface area (TPSA) is 62.8 Å². The highest BCUT2D eigenvalue weighted by Crippen LogP contribution is 2.50. The van der Waals surface area contributed by atoms with Crippen LogP contribution in [0.15, 0.2) is 36.4 Å². The van der Waals surface area contributed by atoms with E-state index in [-0.39, 0.29) is 34.7 Å². The van der Waals surface area contributed by atoms with E-state index < -0.39 is 24.3 Å². The fourth-order valence-electron chi connectivity index (χ4n) is 5.36. The van der Waals surface area contributed by atoms with Crippen LogP contribution in [0.1, 0.15) is 31.2 Å². The fraction of sp³-hybridized carbons (Fsp3) is 0.458. The predicted octanol–water partition coefficient (Wildman–Crippen LogP) is 4.89. The molecule has 2 aromatic rings. The number of carbonyl (C=O) groups excluding carboxylic acids is 1. The maximum absolute atomic E-state index is 13.9. The second-order valence-corrected chi connectivity index (χ2v) is 8.84. The Morgan fingerprint density at radius 1 is 1.15 bits per heavy atom. The van der Waals surface area contributed by atoms with Crippen LogP contribution in [0.3, 0.4) is 0 Å². The molecule has 1 saturated carbocycles. The number of nitrogens with one attached hydrogen (secondary N) is 2. The van der Waals surface area contributed by atoms with E-state index in [0.29, 0.717) is 12.8 Å². The summed E-state index contributed by atoms with van der Waals surface area (Å²) >= 11 is 0. The summed E-state index contributed by atoms with van der Waals surface area (Å²) in [5.41, 5.74) is 0.526. The van der Waals surface area contributed by atoms with Gasteiger partial charge in [0.1, 0.15) is 11.6 Å². The third-order valence-corrected chi connectivity index (χ3v) is 6.99. The molecule has 10 heteroatoms. The zero-order chi connectivity index (χ0) is 24.5. The standard InChI is InChI=1S/C24H27F4N3O3/c1-31-10-9-24(14-3-6-19(34-22(27)28)20(11-14)33-2)8-7-16(13-21(24)31)29-23(32)30-18-12-15(25)4-5-17(18)26/h3-6,11-12,16,21-22H,7-10,13H2,1-2H3,(H2,29,30,32)/t16-,21+,24-/m0/s1. The van der Waals surface area contributed by atoms with Gasteiger partial charge in [-0.25, -0.2) is 13.6 Å². The summed E-state index contributed by atoms with van der Waals surface area (Å²) in [6.07, 6.45) is 2.94. The van der Waals surface area contributed by atoms with Crippen LogP contribution >= 0.6 is 0 Å². The number of nitrogens with zero attached hydrogens (tertiary/aromatic N) is 1. The Morgan fingerprint density at radius 2 is 1.94 bits per heavy atom. The van der Waals surface area contributed by atoms with E-state index in [1.807, 2.05) is 7.05 Å². The molecular weight excluding hydrogens is 454 g/mol. The van der Waals surface area contributed by atoms with Crippen LogP contribution in [0.5, 0.6) is 11.5 Å². The molecule has 2 N–H and O–H groups in total. The first-order valence-electron chi connectivity index (χ1n) is 11.1. The first-order valence-corrected chi connectivity index (χ1v) is 11.1. The maximum atomic E-state index is 13.9. The van der Waals surface area contributed by atoms with Gasteiger partial charge in [-0.3, -0.25) is 0 Å². The van der Waals surface area contributed by atoms with Crippen LogP contribution < -0.4 is 20.1 Å². The molecule has 2 amide bonds. The van der Waals surface area contributed by atoms with Gasteiger partial charge in [-0.1, -0.05) is 6.07 Å². The van der Waals surface area contributed by atoms with Crippen molar-refractivity contribution in [3.63, 3.8) is 0 Å². The number of hydrogen-bond acceptors (Lipinski definition) is 4. The number of likely N-dealkylation sites (N-methyl/N-ethyl adjacent to an activating group) is 1. The van der Waals surface area contributed by atoms with Crippen LogP contribution in [0.25, 0.3) is 0 Å². The lowest BCUT2D eigenvalue weighted by Crippen LogP contribution is -2.52. The Kier molecular flexibility index (Phi) is 6.88. The van der Waals surface area contributed by atoms with Gasteiger partial charge in [0.05, 0.1) is 12.8 Å². The smallest absolute Gasteiger partial charge is 0.387 e. The largest absolute Gasteiger partial charge is 0.493 e. The van der Waals surface area contributed by atoms with Crippen LogP contribution in [0, 0.1) is 11.6 Å². The molecule has 0 spiro atoms. The maximum Gasteiger partial charge on any atom is 0.387 e. The van der Waals surface area contributed by atoms with Gasteiger partial charge in [0, 0.05) is 23.6 Å². The van der Waals surface area contributed by atoms with Gasteiger partial charge in [-0.2, -0.15) is 8.78 Å². The highest BCUT2D eigenvalue weighted by Gasteiger charge is 2.50. The Morgan fingerprint density at radius 3 is 2.68 bits per heavy atom.